The maximum Gasteiger partial charge on any atom is 0.170 e. The van der Waals surface area contributed by atoms with Gasteiger partial charge in [0.1, 0.15) is 0 Å². The van der Waals surface area contributed by atoms with E-state index in [-0.39, 0.29) is 0 Å². The Balaban J connectivity index is 1.41. The Bertz CT molecular complexity index is 711. The highest BCUT2D eigenvalue weighted by Crippen LogP contribution is 2.16. The third-order valence-corrected chi connectivity index (χ3v) is 5.14. The van der Waals surface area contributed by atoms with Crippen LogP contribution in [0.5, 0.6) is 0 Å². The van der Waals surface area contributed by atoms with Crippen LogP contribution in [0.1, 0.15) is 12.5 Å². The quantitative estimate of drug-likeness (QED) is 0.789. The van der Waals surface area contributed by atoms with Gasteiger partial charge in [0.15, 0.2) is 5.11 Å². The molecule has 0 aliphatic carbocycles. The average Bonchev–Trinajstić information content (AvgIpc) is 2.67. The molecule has 0 bridgehead atoms. The molecule has 0 amide bonds. The van der Waals surface area contributed by atoms with Gasteiger partial charge in [0, 0.05) is 50.1 Å². The Labute approximate surface area is 162 Å². The maximum atomic E-state index is 5.43. The summed E-state index contributed by atoms with van der Waals surface area (Å²) in [5, 5.41) is 7.30. The first-order valence-electron chi connectivity index (χ1n) is 9.27. The molecule has 0 saturated carbocycles. The van der Waals surface area contributed by atoms with E-state index in [1.54, 1.807) is 0 Å². The van der Waals surface area contributed by atoms with Crippen molar-refractivity contribution in [3.05, 3.63) is 60.2 Å². The van der Waals surface area contributed by atoms with Crippen molar-refractivity contribution >= 4 is 28.7 Å². The van der Waals surface area contributed by atoms with Crippen LogP contribution >= 0.6 is 12.2 Å². The summed E-state index contributed by atoms with van der Waals surface area (Å²) in [7, 11) is 0. The van der Waals surface area contributed by atoms with Crippen LogP contribution in [0.15, 0.2) is 54.6 Å². The van der Waals surface area contributed by atoms with E-state index < -0.39 is 0 Å². The minimum absolute atomic E-state index is 0.449. The molecule has 26 heavy (non-hydrogen) atoms. The van der Waals surface area contributed by atoms with Gasteiger partial charge in [-0.05, 0) is 55.9 Å². The fourth-order valence-electron chi connectivity index (χ4n) is 3.33. The van der Waals surface area contributed by atoms with Gasteiger partial charge in [-0.1, -0.05) is 30.3 Å². The predicted molar refractivity (Wildman–Crippen MR) is 115 cm³/mol. The van der Waals surface area contributed by atoms with Gasteiger partial charge in [0.25, 0.3) is 0 Å². The number of piperazine rings is 1. The van der Waals surface area contributed by atoms with Crippen LogP contribution in [0, 0.1) is 6.92 Å². The van der Waals surface area contributed by atoms with Gasteiger partial charge in [-0.25, -0.2) is 0 Å². The molecule has 1 fully saturated rings. The summed E-state index contributed by atoms with van der Waals surface area (Å²) in [6.45, 7) is 9.49. The monoisotopic (exact) mass is 368 g/mol. The van der Waals surface area contributed by atoms with Crippen LogP contribution in [0.4, 0.5) is 11.4 Å². The van der Waals surface area contributed by atoms with Crippen molar-refractivity contribution in [2.45, 2.75) is 19.9 Å². The van der Waals surface area contributed by atoms with Gasteiger partial charge in [0.2, 0.25) is 0 Å². The normalized spacial score (nSPS) is 16.2. The highest BCUT2D eigenvalue weighted by molar-refractivity contribution is 7.80. The van der Waals surface area contributed by atoms with Crippen molar-refractivity contribution in [3.63, 3.8) is 0 Å². The molecule has 4 nitrogen and oxygen atoms in total. The molecule has 1 heterocycles. The van der Waals surface area contributed by atoms with Crippen LogP contribution in [0.3, 0.4) is 0 Å². The average molecular weight is 369 g/mol. The summed E-state index contributed by atoms with van der Waals surface area (Å²) in [6, 6.07) is 19.4. The lowest BCUT2D eigenvalue weighted by Crippen LogP contribution is -2.52. The number of rotatable bonds is 5. The molecule has 0 aromatic heterocycles. The van der Waals surface area contributed by atoms with E-state index in [1.807, 2.05) is 12.1 Å². The molecule has 2 N–H and O–H groups in total. The van der Waals surface area contributed by atoms with E-state index in [2.05, 4.69) is 76.7 Å². The van der Waals surface area contributed by atoms with Gasteiger partial charge in [-0.2, -0.15) is 0 Å². The molecule has 1 atom stereocenters. The van der Waals surface area contributed by atoms with E-state index in [0.717, 1.165) is 38.4 Å². The lowest BCUT2D eigenvalue weighted by molar-refractivity contribution is 0.198. The molecule has 2 aromatic carbocycles. The highest BCUT2D eigenvalue weighted by Gasteiger charge is 2.21. The van der Waals surface area contributed by atoms with Crippen LogP contribution in [0.25, 0.3) is 0 Å². The zero-order chi connectivity index (χ0) is 18.4. The van der Waals surface area contributed by atoms with E-state index in [0.29, 0.717) is 11.2 Å². The Hall–Kier alpha value is -2.11. The third-order valence-electron chi connectivity index (χ3n) is 4.89. The second kappa shape index (κ2) is 9.01. The first-order valence-corrected chi connectivity index (χ1v) is 9.68. The van der Waals surface area contributed by atoms with E-state index in [4.69, 9.17) is 12.2 Å². The van der Waals surface area contributed by atoms with Crippen molar-refractivity contribution in [1.82, 2.24) is 10.2 Å². The Morgan fingerprint density at radius 3 is 2.46 bits per heavy atom. The second-order valence-electron chi connectivity index (χ2n) is 6.91. The molecule has 2 aromatic rings. The van der Waals surface area contributed by atoms with E-state index in [1.165, 1.54) is 11.3 Å². The van der Waals surface area contributed by atoms with Gasteiger partial charge in [-0.3, -0.25) is 4.90 Å². The molecule has 0 spiro atoms. The smallest absolute Gasteiger partial charge is 0.170 e. The third kappa shape index (κ3) is 5.19. The number of thiocarbonyl (C=S) groups is 1. The summed E-state index contributed by atoms with van der Waals surface area (Å²) in [5.74, 6) is 0. The number of hydrogen-bond donors (Lipinski definition) is 2. The molecule has 3 rings (SSSR count). The zero-order valence-electron chi connectivity index (χ0n) is 15.6. The van der Waals surface area contributed by atoms with Crippen molar-refractivity contribution < 1.29 is 0 Å². The number of hydrogen-bond acceptors (Lipinski definition) is 3. The fourth-order valence-corrected chi connectivity index (χ4v) is 3.53. The van der Waals surface area contributed by atoms with Crippen LogP contribution in [0.2, 0.25) is 0 Å². The lowest BCUT2D eigenvalue weighted by atomic mass is 10.2. The molecule has 138 valence electrons. The van der Waals surface area contributed by atoms with Crippen LogP contribution in [-0.2, 0) is 0 Å². The minimum Gasteiger partial charge on any atom is -0.369 e. The van der Waals surface area contributed by atoms with Crippen LogP contribution in [-0.4, -0.2) is 48.8 Å². The largest absolute Gasteiger partial charge is 0.369 e. The van der Waals surface area contributed by atoms with Crippen LogP contribution < -0.4 is 15.5 Å². The Morgan fingerprint density at radius 1 is 1.04 bits per heavy atom. The first-order chi connectivity index (χ1) is 12.6. The van der Waals surface area contributed by atoms with Crippen molar-refractivity contribution in [2.24, 2.45) is 0 Å². The minimum atomic E-state index is 0.449. The molecular formula is C21H28N4S. The number of benzene rings is 2. The summed E-state index contributed by atoms with van der Waals surface area (Å²) in [5.41, 5.74) is 3.58. The van der Waals surface area contributed by atoms with Crippen molar-refractivity contribution in [3.8, 4) is 0 Å². The number of nitrogens with zero attached hydrogens (tertiary/aromatic N) is 2. The maximum absolute atomic E-state index is 5.43. The SMILES string of the molecule is Cc1cccc(NC(=S)NCC(C)N2CCN(c3ccccc3)CC2)c1. The summed E-state index contributed by atoms with van der Waals surface area (Å²) < 4.78 is 0. The first kappa shape index (κ1) is 18.7. The number of para-hydroxylation sites is 1. The fraction of sp³-hybridized carbons (Fsp3) is 0.381. The Morgan fingerprint density at radius 2 is 1.77 bits per heavy atom. The molecule has 5 heteroatoms. The van der Waals surface area contributed by atoms with Gasteiger partial charge in [-0.15, -0.1) is 0 Å². The van der Waals surface area contributed by atoms with Gasteiger partial charge >= 0.3 is 0 Å². The standard InChI is InChI=1S/C21H28N4S/c1-17-7-6-8-19(15-17)23-21(26)22-16-18(2)24-11-13-25(14-12-24)20-9-4-3-5-10-20/h3-10,15,18H,11-14,16H2,1-2H3,(H2,22,23,26). The molecular weight excluding hydrogens is 340 g/mol. The van der Waals surface area contributed by atoms with Gasteiger partial charge < -0.3 is 15.5 Å². The molecule has 1 saturated heterocycles. The van der Waals surface area contributed by atoms with E-state index >= 15 is 0 Å². The molecule has 1 aliphatic heterocycles. The molecule has 1 aliphatic rings. The van der Waals surface area contributed by atoms with E-state index in [9.17, 15) is 0 Å². The molecule has 1 unspecified atom stereocenters. The summed E-state index contributed by atoms with van der Waals surface area (Å²) in [6.07, 6.45) is 0. The molecule has 0 radical (unpaired) electrons. The highest BCUT2D eigenvalue weighted by atomic mass is 32.1. The summed E-state index contributed by atoms with van der Waals surface area (Å²) in [4.78, 5) is 4.99. The Kier molecular flexibility index (Phi) is 6.47. The predicted octanol–water partition coefficient (Wildman–Crippen LogP) is 3.49. The number of aryl methyl sites for hydroxylation is 1. The lowest BCUT2D eigenvalue weighted by Gasteiger charge is -2.39. The van der Waals surface area contributed by atoms with Crippen molar-refractivity contribution in [2.75, 3.05) is 42.9 Å². The van der Waals surface area contributed by atoms with Crippen molar-refractivity contribution in [1.29, 1.82) is 0 Å². The second-order valence-corrected chi connectivity index (χ2v) is 7.32. The van der Waals surface area contributed by atoms with Gasteiger partial charge in [0.05, 0.1) is 0 Å². The number of nitrogens with one attached hydrogen (secondary N) is 2. The topological polar surface area (TPSA) is 30.5 Å². The zero-order valence-corrected chi connectivity index (χ0v) is 16.4. The summed E-state index contributed by atoms with van der Waals surface area (Å²) >= 11 is 5.43. The number of anilines is 2.